The molecule has 2 aromatic heterocycles. The van der Waals surface area contributed by atoms with Crippen molar-refractivity contribution in [3.05, 3.63) is 40.8 Å². The number of aromatic nitrogens is 1. The van der Waals surface area contributed by atoms with E-state index in [4.69, 9.17) is 21.6 Å². The average molecular weight is 499 g/mol. The Bertz CT molecular complexity index is 1520. The number of primary amides is 1. The van der Waals surface area contributed by atoms with Crippen LogP contribution in [0.1, 0.15) is 28.6 Å². The van der Waals surface area contributed by atoms with Gasteiger partial charge in [-0.2, -0.15) is 5.26 Å². The zero-order valence-electron chi connectivity index (χ0n) is 18.2. The summed E-state index contributed by atoms with van der Waals surface area (Å²) in [5, 5.41) is 12.2. The van der Waals surface area contributed by atoms with Crippen molar-refractivity contribution < 1.29 is 17.6 Å². The number of nitrogen functional groups attached to an aromatic ring is 1. The SMILES string of the molecule is CCS(=O)(=O)C(N)CCNc1nc2sc(C(N)=O)c(-c3oc4cccc-4cc3N)c2cc1C#N. The molecule has 0 fully saturated rings. The van der Waals surface area contributed by atoms with Crippen molar-refractivity contribution in [1.29, 1.82) is 5.26 Å². The first kappa shape index (κ1) is 23.5. The summed E-state index contributed by atoms with van der Waals surface area (Å²) in [4.78, 5) is 17.4. The number of thiophene rings is 1. The third-order valence-corrected chi connectivity index (χ3v) is 8.51. The summed E-state index contributed by atoms with van der Waals surface area (Å²) in [6, 6.07) is 10.8. The van der Waals surface area contributed by atoms with Gasteiger partial charge in [0.25, 0.3) is 5.91 Å². The molecule has 0 bridgehead atoms. The maximum Gasteiger partial charge on any atom is 0.259 e. The van der Waals surface area contributed by atoms with E-state index in [9.17, 15) is 18.5 Å². The highest BCUT2D eigenvalue weighted by Gasteiger charge is 2.25. The highest BCUT2D eigenvalue weighted by molar-refractivity contribution is 7.91. The van der Waals surface area contributed by atoms with E-state index >= 15 is 0 Å². The number of nitrogens with two attached hydrogens (primary N) is 3. The second-order valence-electron chi connectivity index (χ2n) is 7.60. The van der Waals surface area contributed by atoms with Gasteiger partial charge in [0.15, 0.2) is 15.6 Å². The molecule has 3 heterocycles. The zero-order valence-corrected chi connectivity index (χ0v) is 19.8. The van der Waals surface area contributed by atoms with Crippen molar-refractivity contribution >= 4 is 48.8 Å². The molecule has 2 aliphatic rings. The topological polar surface area (TPSA) is 191 Å². The van der Waals surface area contributed by atoms with Gasteiger partial charge in [-0.25, -0.2) is 13.4 Å². The zero-order chi connectivity index (χ0) is 24.6. The van der Waals surface area contributed by atoms with Crippen LogP contribution in [-0.2, 0) is 9.84 Å². The van der Waals surface area contributed by atoms with E-state index in [1.807, 2.05) is 12.1 Å². The Kier molecular flexibility index (Phi) is 6.18. The molecule has 0 saturated carbocycles. The first-order valence-corrected chi connectivity index (χ1v) is 12.9. The predicted octanol–water partition coefficient (Wildman–Crippen LogP) is 2.74. The number of pyridine rings is 1. The van der Waals surface area contributed by atoms with Crippen LogP contribution in [0.15, 0.2) is 34.7 Å². The number of carbonyl (C=O) groups excluding carboxylic acids is 1. The molecule has 12 heteroatoms. The third-order valence-electron chi connectivity index (χ3n) is 5.43. The molecule has 4 rings (SSSR count). The van der Waals surface area contributed by atoms with Gasteiger partial charge in [0, 0.05) is 23.2 Å². The monoisotopic (exact) mass is 498 g/mol. The van der Waals surface area contributed by atoms with Crippen LogP contribution in [-0.4, -0.2) is 37.0 Å². The van der Waals surface area contributed by atoms with Gasteiger partial charge in [-0.05, 0) is 24.6 Å². The summed E-state index contributed by atoms with van der Waals surface area (Å²) in [6.07, 6.45) is 0.137. The van der Waals surface area contributed by atoms with Gasteiger partial charge in [-0.15, -0.1) is 11.3 Å². The van der Waals surface area contributed by atoms with Crippen molar-refractivity contribution in [1.82, 2.24) is 4.98 Å². The second kappa shape index (κ2) is 8.94. The summed E-state index contributed by atoms with van der Waals surface area (Å²) >= 11 is 1.05. The molecule has 2 aromatic rings. The number of fused-ring (bicyclic) bond motifs is 2. The number of anilines is 2. The molecular formula is C22H22N6O4S2. The predicted molar refractivity (Wildman–Crippen MR) is 132 cm³/mol. The van der Waals surface area contributed by atoms with Gasteiger partial charge in [-0.1, -0.05) is 19.1 Å². The Morgan fingerprint density at radius 2 is 2.12 bits per heavy atom. The number of rotatable bonds is 8. The molecule has 1 amide bonds. The van der Waals surface area contributed by atoms with Crippen molar-refractivity contribution in [2.75, 3.05) is 23.3 Å². The van der Waals surface area contributed by atoms with Crippen molar-refractivity contribution in [3.63, 3.8) is 0 Å². The van der Waals surface area contributed by atoms with E-state index in [0.717, 1.165) is 16.9 Å². The molecular weight excluding hydrogens is 476 g/mol. The Labute approximate surface area is 199 Å². The molecule has 34 heavy (non-hydrogen) atoms. The number of nitrogens with zero attached hydrogens (tertiary/aromatic N) is 2. The maximum atomic E-state index is 12.3. The molecule has 0 radical (unpaired) electrons. The quantitative estimate of drug-likeness (QED) is 0.283. The number of amides is 1. The van der Waals surface area contributed by atoms with Crippen LogP contribution in [0.25, 0.3) is 32.9 Å². The van der Waals surface area contributed by atoms with Crippen molar-refractivity contribution in [3.8, 4) is 28.7 Å². The van der Waals surface area contributed by atoms with Crippen LogP contribution in [0.2, 0.25) is 0 Å². The Morgan fingerprint density at radius 1 is 1.35 bits per heavy atom. The largest absolute Gasteiger partial charge is 0.454 e. The highest BCUT2D eigenvalue weighted by Crippen LogP contribution is 2.43. The minimum absolute atomic E-state index is 0.0552. The lowest BCUT2D eigenvalue weighted by Crippen LogP contribution is -2.33. The number of hydrogen-bond donors (Lipinski definition) is 4. The van der Waals surface area contributed by atoms with E-state index in [1.165, 1.54) is 6.92 Å². The molecule has 0 aromatic carbocycles. The highest BCUT2D eigenvalue weighted by atomic mass is 32.2. The lowest BCUT2D eigenvalue weighted by Gasteiger charge is -2.13. The smallest absolute Gasteiger partial charge is 0.259 e. The minimum atomic E-state index is -3.38. The Hall–Kier alpha value is -3.66. The first-order valence-electron chi connectivity index (χ1n) is 10.3. The third kappa shape index (κ3) is 4.16. The first-order chi connectivity index (χ1) is 16.2. The van der Waals surface area contributed by atoms with Crippen molar-refractivity contribution in [2.24, 2.45) is 11.5 Å². The van der Waals surface area contributed by atoms with E-state index < -0.39 is 21.1 Å². The molecule has 1 aliphatic carbocycles. The maximum absolute atomic E-state index is 12.3. The molecule has 10 nitrogen and oxygen atoms in total. The Balaban J connectivity index is 1.78. The van der Waals surface area contributed by atoms with E-state index in [2.05, 4.69) is 16.4 Å². The number of nitrogens with one attached hydrogen (secondary N) is 1. The second-order valence-corrected chi connectivity index (χ2v) is 11.1. The van der Waals surface area contributed by atoms with Crippen LogP contribution in [0.3, 0.4) is 0 Å². The van der Waals surface area contributed by atoms with Crippen molar-refractivity contribution in [2.45, 2.75) is 18.7 Å². The van der Waals surface area contributed by atoms with Gasteiger partial charge in [0.05, 0.1) is 16.8 Å². The summed E-state index contributed by atoms with van der Waals surface area (Å²) in [6.45, 7) is 1.72. The van der Waals surface area contributed by atoms with Gasteiger partial charge < -0.3 is 26.9 Å². The van der Waals surface area contributed by atoms with Crippen LogP contribution in [0, 0.1) is 11.3 Å². The fourth-order valence-corrected chi connectivity index (χ4v) is 5.51. The van der Waals surface area contributed by atoms with Gasteiger partial charge in [0.1, 0.15) is 32.7 Å². The Morgan fingerprint density at radius 3 is 2.79 bits per heavy atom. The lowest BCUT2D eigenvalue weighted by atomic mass is 10.0. The number of nitriles is 1. The summed E-state index contributed by atoms with van der Waals surface area (Å²) in [5.41, 5.74) is 19.3. The van der Waals surface area contributed by atoms with Gasteiger partial charge in [0.2, 0.25) is 0 Å². The molecule has 1 atom stereocenters. The number of hydrogen-bond acceptors (Lipinski definition) is 10. The summed E-state index contributed by atoms with van der Waals surface area (Å²) in [5.74, 6) is 0.362. The molecule has 1 unspecified atom stereocenters. The molecule has 0 spiro atoms. The molecule has 7 N–H and O–H groups in total. The van der Waals surface area contributed by atoms with Crippen LogP contribution < -0.4 is 22.5 Å². The van der Waals surface area contributed by atoms with Crippen LogP contribution in [0.4, 0.5) is 11.5 Å². The van der Waals surface area contributed by atoms with Crippen LogP contribution in [0.5, 0.6) is 0 Å². The fraction of sp³-hybridized carbons (Fsp3) is 0.227. The summed E-state index contributed by atoms with van der Waals surface area (Å²) < 4.78 is 29.8. The van der Waals surface area contributed by atoms with Gasteiger partial charge in [-0.3, -0.25) is 4.79 Å². The van der Waals surface area contributed by atoms with E-state index in [0.29, 0.717) is 27.2 Å². The van der Waals surface area contributed by atoms with Gasteiger partial charge >= 0.3 is 0 Å². The number of sulfone groups is 1. The molecule has 0 saturated heterocycles. The normalized spacial score (nSPS) is 12.6. The van der Waals surface area contributed by atoms with Crippen LogP contribution >= 0.6 is 11.3 Å². The molecule has 1 aliphatic heterocycles. The fourth-order valence-electron chi connectivity index (χ4n) is 3.60. The summed E-state index contributed by atoms with van der Waals surface area (Å²) in [7, 11) is -3.38. The van der Waals surface area contributed by atoms with E-state index in [1.54, 1.807) is 18.2 Å². The standard InChI is InChI=1S/C22H22N6O4S2/c1-2-34(30,31)16(25)6-7-27-21-12(10-23)8-13-17(19(20(26)29)33-22(13)28-21)18-14(24)9-11-4-3-5-15(11)32-18/h3-5,8-9,16H,2,6-7,24-25H2,1H3,(H2,26,29)(H,27,28). The molecule has 176 valence electrons. The average Bonchev–Trinajstić information content (AvgIpc) is 3.41. The lowest BCUT2D eigenvalue weighted by molar-refractivity contribution is 0.100. The minimum Gasteiger partial charge on any atom is -0.454 e. The van der Waals surface area contributed by atoms with E-state index in [-0.39, 0.29) is 40.7 Å². The number of carbonyl (C=O) groups is 1.